The van der Waals surface area contributed by atoms with E-state index in [1.165, 1.54) is 31.6 Å². The Morgan fingerprint density at radius 3 is 3.05 bits per heavy atom. The van der Waals surface area contributed by atoms with Crippen molar-refractivity contribution in [2.24, 2.45) is 0 Å². The Bertz CT molecular complexity index is 509. The summed E-state index contributed by atoms with van der Waals surface area (Å²) in [6, 6.07) is 2.38. The van der Waals surface area contributed by atoms with Crippen molar-refractivity contribution in [2.45, 2.75) is 31.3 Å². The largest absolute Gasteiger partial charge is 0.478 e. The van der Waals surface area contributed by atoms with Crippen LogP contribution in [0.3, 0.4) is 0 Å². The van der Waals surface area contributed by atoms with E-state index in [2.05, 4.69) is 15.2 Å². The van der Waals surface area contributed by atoms with E-state index < -0.39 is 5.97 Å². The first-order chi connectivity index (χ1) is 9.15. The van der Waals surface area contributed by atoms with Crippen molar-refractivity contribution < 1.29 is 9.90 Å². The van der Waals surface area contributed by atoms with Gasteiger partial charge in [-0.05, 0) is 31.9 Å². The first-order valence-electron chi connectivity index (χ1n) is 6.54. The molecule has 1 aromatic heterocycles. The molecule has 2 N–H and O–H groups in total. The van der Waals surface area contributed by atoms with Crippen molar-refractivity contribution in [3.8, 4) is 0 Å². The third kappa shape index (κ3) is 2.40. The van der Waals surface area contributed by atoms with Gasteiger partial charge in [0.1, 0.15) is 5.82 Å². The number of carboxylic acids is 1. The molecule has 0 radical (unpaired) electrons. The lowest BCUT2D eigenvalue weighted by Gasteiger charge is -2.22. The lowest BCUT2D eigenvalue weighted by molar-refractivity contribution is 0.0696. The van der Waals surface area contributed by atoms with Gasteiger partial charge in [-0.25, -0.2) is 9.78 Å². The number of rotatable bonds is 3. The summed E-state index contributed by atoms with van der Waals surface area (Å²) >= 11 is 6.09. The average molecular weight is 282 g/mol. The summed E-state index contributed by atoms with van der Waals surface area (Å²) in [5, 5.41) is 12.6. The van der Waals surface area contributed by atoms with Gasteiger partial charge in [0.25, 0.3) is 0 Å². The molecule has 19 heavy (non-hydrogen) atoms. The smallest absolute Gasteiger partial charge is 0.337 e. The number of carboxylic acid groups (broad SMARTS) is 1. The zero-order chi connectivity index (χ0) is 13.4. The van der Waals surface area contributed by atoms with Gasteiger partial charge in [0.2, 0.25) is 0 Å². The molecule has 0 spiro atoms. The van der Waals surface area contributed by atoms with Gasteiger partial charge in [-0.2, -0.15) is 0 Å². The van der Waals surface area contributed by atoms with E-state index in [4.69, 9.17) is 16.7 Å². The second-order valence-corrected chi connectivity index (χ2v) is 5.55. The van der Waals surface area contributed by atoms with E-state index in [9.17, 15) is 4.79 Å². The van der Waals surface area contributed by atoms with Crippen molar-refractivity contribution in [1.29, 1.82) is 0 Å². The van der Waals surface area contributed by atoms with Crippen LogP contribution in [-0.2, 0) is 0 Å². The molecule has 2 fully saturated rings. The second-order valence-electron chi connectivity index (χ2n) is 5.14. The minimum Gasteiger partial charge on any atom is -0.478 e. The Balaban J connectivity index is 1.75. The molecule has 3 rings (SSSR count). The molecule has 102 valence electrons. The minimum atomic E-state index is -1.01. The summed E-state index contributed by atoms with van der Waals surface area (Å²) in [7, 11) is 0. The molecule has 5 nitrogen and oxygen atoms in total. The number of nitrogens with one attached hydrogen (secondary N) is 1. The van der Waals surface area contributed by atoms with Crippen LogP contribution in [0.4, 0.5) is 5.82 Å². The zero-order valence-electron chi connectivity index (χ0n) is 10.5. The highest BCUT2D eigenvalue weighted by molar-refractivity contribution is 6.33. The van der Waals surface area contributed by atoms with Crippen LogP contribution in [0.1, 0.15) is 29.6 Å². The molecule has 1 aromatic rings. The van der Waals surface area contributed by atoms with Crippen LogP contribution in [0.15, 0.2) is 12.3 Å². The summed E-state index contributed by atoms with van der Waals surface area (Å²) in [5.74, 6) is -0.422. The Labute approximate surface area is 116 Å². The normalized spacial score (nSPS) is 26.4. The van der Waals surface area contributed by atoms with Crippen molar-refractivity contribution in [2.75, 3.05) is 18.4 Å². The lowest BCUT2D eigenvalue weighted by atomic mass is 10.1. The molecular weight excluding hydrogens is 266 g/mol. The van der Waals surface area contributed by atoms with Gasteiger partial charge < -0.3 is 10.4 Å². The van der Waals surface area contributed by atoms with Crippen LogP contribution in [0.5, 0.6) is 0 Å². The van der Waals surface area contributed by atoms with Crippen LogP contribution >= 0.6 is 11.6 Å². The topological polar surface area (TPSA) is 65.5 Å². The van der Waals surface area contributed by atoms with E-state index >= 15 is 0 Å². The molecular formula is C13H16ClN3O2. The molecule has 3 heterocycles. The van der Waals surface area contributed by atoms with Gasteiger partial charge in [0.15, 0.2) is 0 Å². The molecule has 2 aliphatic heterocycles. The van der Waals surface area contributed by atoms with Crippen LogP contribution in [-0.4, -0.2) is 46.1 Å². The van der Waals surface area contributed by atoms with Crippen molar-refractivity contribution >= 4 is 23.4 Å². The van der Waals surface area contributed by atoms with Crippen molar-refractivity contribution in [1.82, 2.24) is 9.88 Å². The fourth-order valence-electron chi connectivity index (χ4n) is 3.09. The number of anilines is 1. The molecule has 0 aromatic carbocycles. The Kier molecular flexibility index (Phi) is 3.33. The van der Waals surface area contributed by atoms with Crippen LogP contribution in [0.25, 0.3) is 0 Å². The van der Waals surface area contributed by atoms with Gasteiger partial charge >= 0.3 is 5.97 Å². The SMILES string of the molecule is O=C(O)c1cnc(NC2CCN3CCCC23)c(Cl)c1. The molecule has 6 heteroatoms. The monoisotopic (exact) mass is 281 g/mol. The van der Waals surface area contributed by atoms with Crippen molar-refractivity contribution in [3.05, 3.63) is 22.8 Å². The zero-order valence-corrected chi connectivity index (χ0v) is 11.2. The summed E-state index contributed by atoms with van der Waals surface area (Å²) in [5.41, 5.74) is 0.115. The third-order valence-corrected chi connectivity index (χ3v) is 4.30. The highest BCUT2D eigenvalue weighted by atomic mass is 35.5. The number of halogens is 1. The summed E-state index contributed by atoms with van der Waals surface area (Å²) < 4.78 is 0. The standard InChI is InChI=1S/C13H16ClN3O2/c14-9-6-8(13(18)19)7-15-12(9)16-10-3-5-17-4-1-2-11(10)17/h6-7,10-11H,1-5H2,(H,15,16)(H,18,19). The highest BCUT2D eigenvalue weighted by Gasteiger charge is 2.37. The van der Waals surface area contributed by atoms with E-state index in [1.54, 1.807) is 0 Å². The number of nitrogens with zero attached hydrogens (tertiary/aromatic N) is 2. The maximum atomic E-state index is 10.8. The summed E-state index contributed by atoms with van der Waals surface area (Å²) in [6.07, 6.45) is 4.89. The molecule has 0 aliphatic carbocycles. The number of aromatic nitrogens is 1. The second kappa shape index (κ2) is 4.98. The molecule has 2 aliphatic rings. The predicted molar refractivity (Wildman–Crippen MR) is 72.8 cm³/mol. The van der Waals surface area contributed by atoms with Gasteiger partial charge in [-0.15, -0.1) is 0 Å². The van der Waals surface area contributed by atoms with Gasteiger partial charge in [-0.3, -0.25) is 4.90 Å². The Morgan fingerprint density at radius 1 is 1.47 bits per heavy atom. The number of carbonyl (C=O) groups is 1. The molecule has 0 bridgehead atoms. The van der Waals surface area contributed by atoms with Gasteiger partial charge in [0, 0.05) is 24.8 Å². The Hall–Kier alpha value is -1.33. The van der Waals surface area contributed by atoms with Crippen LogP contribution < -0.4 is 5.32 Å². The maximum Gasteiger partial charge on any atom is 0.337 e. The predicted octanol–water partition coefficient (Wildman–Crippen LogP) is 2.08. The molecule has 2 saturated heterocycles. The molecule has 2 unspecified atom stereocenters. The number of hydrogen-bond acceptors (Lipinski definition) is 4. The first kappa shape index (κ1) is 12.7. The van der Waals surface area contributed by atoms with E-state index in [1.807, 2.05) is 0 Å². The maximum absolute atomic E-state index is 10.8. The Morgan fingerprint density at radius 2 is 2.32 bits per heavy atom. The first-order valence-corrected chi connectivity index (χ1v) is 6.92. The average Bonchev–Trinajstić information content (AvgIpc) is 2.96. The van der Waals surface area contributed by atoms with E-state index in [0.29, 0.717) is 22.9 Å². The van der Waals surface area contributed by atoms with Gasteiger partial charge in [0.05, 0.1) is 10.6 Å². The third-order valence-electron chi connectivity index (χ3n) is 4.02. The molecule has 0 saturated carbocycles. The van der Waals surface area contributed by atoms with E-state index in [0.717, 1.165) is 13.0 Å². The number of pyridine rings is 1. The van der Waals surface area contributed by atoms with Crippen molar-refractivity contribution in [3.63, 3.8) is 0 Å². The fourth-order valence-corrected chi connectivity index (χ4v) is 3.31. The molecule has 0 amide bonds. The number of hydrogen-bond donors (Lipinski definition) is 2. The minimum absolute atomic E-state index is 0.115. The fraction of sp³-hybridized carbons (Fsp3) is 0.538. The van der Waals surface area contributed by atoms with E-state index in [-0.39, 0.29) is 5.56 Å². The summed E-state index contributed by atoms with van der Waals surface area (Å²) in [6.45, 7) is 2.30. The molecule has 2 atom stereocenters. The quantitative estimate of drug-likeness (QED) is 0.888. The number of fused-ring (bicyclic) bond motifs is 1. The van der Waals surface area contributed by atoms with Gasteiger partial charge in [-0.1, -0.05) is 11.6 Å². The van der Waals surface area contributed by atoms with Crippen LogP contribution in [0, 0.1) is 0 Å². The number of aromatic carboxylic acids is 1. The summed E-state index contributed by atoms with van der Waals surface area (Å²) in [4.78, 5) is 17.5. The van der Waals surface area contributed by atoms with Crippen LogP contribution in [0.2, 0.25) is 5.02 Å². The highest BCUT2D eigenvalue weighted by Crippen LogP contribution is 2.31. The lowest BCUT2D eigenvalue weighted by Crippen LogP contribution is -2.34.